The molecule has 1 saturated heterocycles. The summed E-state index contributed by atoms with van der Waals surface area (Å²) in [5, 5.41) is 4.50. The number of aryl methyl sites for hydroxylation is 1. The maximum absolute atomic E-state index is 12.7. The summed E-state index contributed by atoms with van der Waals surface area (Å²) in [7, 11) is 1.84. The summed E-state index contributed by atoms with van der Waals surface area (Å²) in [5.74, 6) is 0.0657. The van der Waals surface area contributed by atoms with Gasteiger partial charge in [-0.15, -0.1) is 0 Å². The van der Waals surface area contributed by atoms with Crippen LogP contribution in [0.4, 0.5) is 0 Å². The molecule has 0 saturated carbocycles. The monoisotopic (exact) mass is 322 g/mol. The van der Waals surface area contributed by atoms with Crippen molar-refractivity contribution in [1.82, 2.24) is 14.7 Å². The van der Waals surface area contributed by atoms with Gasteiger partial charge in [-0.25, -0.2) is 0 Å². The molecule has 0 aliphatic carbocycles. The molecule has 130 valence electrons. The van der Waals surface area contributed by atoms with Gasteiger partial charge in [0.2, 0.25) is 0 Å². The van der Waals surface area contributed by atoms with E-state index < -0.39 is 0 Å². The van der Waals surface area contributed by atoms with Crippen LogP contribution < -0.4 is 5.73 Å². The molecule has 6 nitrogen and oxygen atoms in total. The predicted octanol–water partition coefficient (Wildman–Crippen LogP) is 1.69. The van der Waals surface area contributed by atoms with Gasteiger partial charge in [0.1, 0.15) is 5.69 Å². The Labute approximate surface area is 139 Å². The van der Waals surface area contributed by atoms with Gasteiger partial charge in [-0.05, 0) is 31.9 Å². The Morgan fingerprint density at radius 2 is 2.04 bits per heavy atom. The first-order valence-corrected chi connectivity index (χ1v) is 8.48. The quantitative estimate of drug-likeness (QED) is 0.837. The van der Waals surface area contributed by atoms with Gasteiger partial charge in [0.05, 0.1) is 11.8 Å². The summed E-state index contributed by atoms with van der Waals surface area (Å²) >= 11 is 0. The van der Waals surface area contributed by atoms with Gasteiger partial charge in [-0.2, -0.15) is 5.10 Å². The van der Waals surface area contributed by atoms with E-state index in [2.05, 4.69) is 25.9 Å². The van der Waals surface area contributed by atoms with Crippen molar-refractivity contribution < 1.29 is 9.53 Å². The lowest BCUT2D eigenvalue weighted by atomic mass is 9.92. The topological polar surface area (TPSA) is 73.4 Å². The Bertz CT molecular complexity index is 525. The van der Waals surface area contributed by atoms with E-state index in [1.165, 1.54) is 0 Å². The highest BCUT2D eigenvalue weighted by Crippen LogP contribution is 2.23. The maximum Gasteiger partial charge on any atom is 0.272 e. The molecule has 2 N–H and O–H groups in total. The van der Waals surface area contributed by atoms with E-state index >= 15 is 0 Å². The average Bonchev–Trinajstić information content (AvgIpc) is 2.90. The Balaban J connectivity index is 1.94. The molecule has 2 rings (SSSR count). The highest BCUT2D eigenvalue weighted by Gasteiger charge is 2.27. The van der Waals surface area contributed by atoms with Gasteiger partial charge in [0.25, 0.3) is 5.91 Å². The van der Waals surface area contributed by atoms with Crippen molar-refractivity contribution >= 4 is 5.91 Å². The summed E-state index contributed by atoms with van der Waals surface area (Å²) in [4.78, 5) is 14.6. The number of rotatable bonds is 5. The molecule has 0 atom stereocenters. The minimum Gasteiger partial charge on any atom is -0.378 e. The van der Waals surface area contributed by atoms with E-state index in [1.807, 2.05) is 18.0 Å². The van der Waals surface area contributed by atoms with Crippen LogP contribution in [0.15, 0.2) is 6.07 Å². The van der Waals surface area contributed by atoms with E-state index in [1.54, 1.807) is 4.68 Å². The summed E-state index contributed by atoms with van der Waals surface area (Å²) in [6.45, 7) is 9.17. The zero-order chi connectivity index (χ0) is 17.0. The fraction of sp³-hybridized carbons (Fsp3) is 0.765. The van der Waals surface area contributed by atoms with Crippen LogP contribution in [0.3, 0.4) is 0 Å². The number of carbonyl (C=O) groups excluding carboxylic acids is 1. The molecule has 1 aromatic heterocycles. The second kappa shape index (κ2) is 7.45. The van der Waals surface area contributed by atoms with E-state index in [9.17, 15) is 4.79 Å². The number of ether oxygens (including phenoxy) is 1. The first-order chi connectivity index (χ1) is 10.8. The molecule has 6 heteroatoms. The predicted molar refractivity (Wildman–Crippen MR) is 90.5 cm³/mol. The van der Waals surface area contributed by atoms with E-state index in [-0.39, 0.29) is 17.4 Å². The summed E-state index contributed by atoms with van der Waals surface area (Å²) in [6, 6.07) is 1.92. The van der Waals surface area contributed by atoms with Crippen LogP contribution in [-0.2, 0) is 17.2 Å². The van der Waals surface area contributed by atoms with E-state index in [4.69, 9.17) is 10.5 Å². The van der Waals surface area contributed by atoms with Crippen molar-refractivity contribution in [3.05, 3.63) is 17.5 Å². The van der Waals surface area contributed by atoms with Crippen LogP contribution in [0.1, 0.15) is 56.2 Å². The second-order valence-electron chi connectivity index (χ2n) is 7.29. The number of likely N-dealkylation sites (tertiary alicyclic amines) is 1. The molecule has 1 amide bonds. The largest absolute Gasteiger partial charge is 0.378 e. The minimum atomic E-state index is -0.0554. The molecule has 0 spiro atoms. The molecule has 0 aromatic carbocycles. The Morgan fingerprint density at radius 3 is 2.57 bits per heavy atom. The molecule has 1 aliphatic rings. The first-order valence-electron chi connectivity index (χ1n) is 8.48. The third-order valence-electron chi connectivity index (χ3n) is 4.30. The van der Waals surface area contributed by atoms with Gasteiger partial charge < -0.3 is 15.4 Å². The van der Waals surface area contributed by atoms with Gasteiger partial charge >= 0.3 is 0 Å². The number of nitrogens with zero attached hydrogens (tertiary/aromatic N) is 3. The molecule has 23 heavy (non-hydrogen) atoms. The molecule has 0 bridgehead atoms. The molecule has 1 aromatic rings. The Morgan fingerprint density at radius 1 is 1.39 bits per heavy atom. The lowest BCUT2D eigenvalue weighted by Crippen LogP contribution is -2.41. The van der Waals surface area contributed by atoms with Crippen molar-refractivity contribution in [2.45, 2.75) is 51.6 Å². The summed E-state index contributed by atoms with van der Waals surface area (Å²) in [5.41, 5.74) is 7.03. The number of hydrogen-bond donors (Lipinski definition) is 1. The van der Waals surface area contributed by atoms with Gasteiger partial charge in [-0.1, -0.05) is 20.8 Å². The SMILES string of the molecule is Cn1nc(C(C)(C)C)cc1C(=O)N1CCC(OCCCN)CC1. The molecule has 0 unspecified atom stereocenters. The smallest absolute Gasteiger partial charge is 0.272 e. The van der Waals surface area contributed by atoms with Gasteiger partial charge in [0.15, 0.2) is 0 Å². The van der Waals surface area contributed by atoms with Crippen molar-refractivity contribution in [3.8, 4) is 0 Å². The summed E-state index contributed by atoms with van der Waals surface area (Å²) in [6.07, 6.45) is 2.92. The van der Waals surface area contributed by atoms with E-state index in [0.29, 0.717) is 18.8 Å². The highest BCUT2D eigenvalue weighted by molar-refractivity contribution is 5.92. The van der Waals surface area contributed by atoms with Gasteiger partial charge in [-0.3, -0.25) is 9.48 Å². The normalized spacial score (nSPS) is 16.8. The second-order valence-corrected chi connectivity index (χ2v) is 7.29. The fourth-order valence-corrected chi connectivity index (χ4v) is 2.75. The Hall–Kier alpha value is -1.40. The van der Waals surface area contributed by atoms with Crippen molar-refractivity contribution in [1.29, 1.82) is 0 Å². The molecular formula is C17H30N4O2. The first kappa shape index (κ1) is 17.9. The summed E-state index contributed by atoms with van der Waals surface area (Å²) < 4.78 is 7.50. The van der Waals surface area contributed by atoms with Crippen LogP contribution in [-0.4, -0.2) is 52.9 Å². The third kappa shape index (κ3) is 4.54. The maximum atomic E-state index is 12.7. The third-order valence-corrected chi connectivity index (χ3v) is 4.30. The molecule has 1 fully saturated rings. The molecule has 0 radical (unpaired) electrons. The molecule has 2 heterocycles. The minimum absolute atomic E-state index is 0.0554. The van der Waals surface area contributed by atoms with Crippen molar-refractivity contribution in [2.24, 2.45) is 12.8 Å². The van der Waals surface area contributed by atoms with Crippen LogP contribution in [0.25, 0.3) is 0 Å². The lowest BCUT2D eigenvalue weighted by molar-refractivity contribution is 0.00817. The average molecular weight is 322 g/mol. The number of amides is 1. The van der Waals surface area contributed by atoms with Crippen LogP contribution >= 0.6 is 0 Å². The number of piperidine rings is 1. The standard InChI is InChI=1S/C17H30N4O2/c1-17(2,3)15-12-14(20(4)19-15)16(22)21-9-6-13(7-10-21)23-11-5-8-18/h12-13H,5-11,18H2,1-4H3. The number of carbonyl (C=O) groups is 1. The van der Waals surface area contributed by atoms with Crippen LogP contribution in [0.5, 0.6) is 0 Å². The Kier molecular flexibility index (Phi) is 5.81. The van der Waals surface area contributed by atoms with Crippen LogP contribution in [0, 0.1) is 0 Å². The number of hydrogen-bond acceptors (Lipinski definition) is 4. The van der Waals surface area contributed by atoms with E-state index in [0.717, 1.165) is 38.0 Å². The van der Waals surface area contributed by atoms with Crippen LogP contribution in [0.2, 0.25) is 0 Å². The van der Waals surface area contributed by atoms with Crippen molar-refractivity contribution in [3.63, 3.8) is 0 Å². The van der Waals surface area contributed by atoms with Crippen molar-refractivity contribution in [2.75, 3.05) is 26.2 Å². The highest BCUT2D eigenvalue weighted by atomic mass is 16.5. The molecule has 1 aliphatic heterocycles. The molecular weight excluding hydrogens is 292 g/mol. The van der Waals surface area contributed by atoms with Gasteiger partial charge in [0, 0.05) is 32.2 Å². The number of aromatic nitrogens is 2. The zero-order valence-electron chi connectivity index (χ0n) is 14.8. The zero-order valence-corrected chi connectivity index (χ0v) is 14.8. The number of nitrogens with two attached hydrogens (primary N) is 1. The lowest BCUT2D eigenvalue weighted by Gasteiger charge is -2.31. The fourth-order valence-electron chi connectivity index (χ4n) is 2.75.